The van der Waals surface area contributed by atoms with Crippen LogP contribution in [0.3, 0.4) is 0 Å². The first kappa shape index (κ1) is 9.23. The van der Waals surface area contributed by atoms with Crippen LogP contribution in [0.4, 0.5) is 4.79 Å². The molecule has 60 valence electrons. The van der Waals surface area contributed by atoms with E-state index in [0.717, 1.165) is 0 Å². The second-order valence-corrected chi connectivity index (χ2v) is 2.22. The molecule has 0 bridgehead atoms. The zero-order valence-corrected chi connectivity index (χ0v) is 6.48. The zero-order chi connectivity index (χ0) is 7.98. The van der Waals surface area contributed by atoms with E-state index in [-0.39, 0.29) is 12.1 Å². The van der Waals surface area contributed by atoms with Gasteiger partial charge in [0.2, 0.25) is 0 Å². The number of nitrogens with two attached hydrogens (primary N) is 1. The highest BCUT2D eigenvalue weighted by molar-refractivity contribution is 5.73. The van der Waals surface area contributed by atoms with Crippen molar-refractivity contribution >= 4 is 6.03 Å². The Balaban J connectivity index is 3.22. The van der Waals surface area contributed by atoms with Crippen LogP contribution in [-0.2, 0) is 0 Å². The SMILES string of the molecule is CCNC(=O)NCC(C)N. The second kappa shape index (κ2) is 5.05. The number of hydrogen-bond acceptors (Lipinski definition) is 2. The molecule has 2 amide bonds. The van der Waals surface area contributed by atoms with Crippen LogP contribution in [0.1, 0.15) is 13.8 Å². The maximum Gasteiger partial charge on any atom is 0.314 e. The average Bonchev–Trinajstić information content (AvgIpc) is 1.85. The van der Waals surface area contributed by atoms with E-state index in [2.05, 4.69) is 10.6 Å². The molecule has 4 nitrogen and oxygen atoms in total. The molecule has 0 spiro atoms. The first-order chi connectivity index (χ1) is 4.66. The molecule has 0 aliphatic carbocycles. The molecule has 0 aromatic carbocycles. The van der Waals surface area contributed by atoms with Crippen molar-refractivity contribution in [3.8, 4) is 0 Å². The molecule has 0 aromatic rings. The van der Waals surface area contributed by atoms with Crippen molar-refractivity contribution in [2.24, 2.45) is 5.73 Å². The van der Waals surface area contributed by atoms with E-state index in [9.17, 15) is 4.79 Å². The summed E-state index contributed by atoms with van der Waals surface area (Å²) in [6.07, 6.45) is 0. The molecule has 0 saturated carbocycles. The Labute approximate surface area is 61.2 Å². The average molecular weight is 145 g/mol. The summed E-state index contributed by atoms with van der Waals surface area (Å²) in [5.74, 6) is 0. The quantitative estimate of drug-likeness (QED) is 0.508. The van der Waals surface area contributed by atoms with Gasteiger partial charge in [0, 0.05) is 19.1 Å². The van der Waals surface area contributed by atoms with Gasteiger partial charge in [0.05, 0.1) is 0 Å². The van der Waals surface area contributed by atoms with Gasteiger partial charge in [0.25, 0.3) is 0 Å². The summed E-state index contributed by atoms with van der Waals surface area (Å²) >= 11 is 0. The standard InChI is InChI=1S/C6H15N3O/c1-3-8-6(10)9-4-5(2)7/h5H,3-4,7H2,1-2H3,(H2,8,9,10). The minimum absolute atomic E-state index is 0.0163. The Bertz CT molecular complexity index is 103. The van der Waals surface area contributed by atoms with Crippen molar-refractivity contribution in [2.45, 2.75) is 19.9 Å². The first-order valence-corrected chi connectivity index (χ1v) is 3.44. The summed E-state index contributed by atoms with van der Waals surface area (Å²) in [6.45, 7) is 4.87. The van der Waals surface area contributed by atoms with E-state index in [4.69, 9.17) is 5.73 Å². The van der Waals surface area contributed by atoms with Crippen LogP contribution in [0.15, 0.2) is 0 Å². The lowest BCUT2D eigenvalue weighted by atomic mass is 10.4. The molecule has 4 N–H and O–H groups in total. The van der Waals surface area contributed by atoms with Gasteiger partial charge in [-0.25, -0.2) is 4.79 Å². The number of amides is 2. The monoisotopic (exact) mass is 145 g/mol. The summed E-state index contributed by atoms with van der Waals surface area (Å²) in [5, 5.41) is 5.20. The third-order valence-electron chi connectivity index (χ3n) is 0.922. The third-order valence-corrected chi connectivity index (χ3v) is 0.922. The van der Waals surface area contributed by atoms with Gasteiger partial charge in [-0.3, -0.25) is 0 Å². The number of carbonyl (C=O) groups excluding carboxylic acids is 1. The predicted molar refractivity (Wildman–Crippen MR) is 40.7 cm³/mol. The van der Waals surface area contributed by atoms with Crippen LogP contribution in [0.25, 0.3) is 0 Å². The van der Waals surface area contributed by atoms with Crippen molar-refractivity contribution in [1.29, 1.82) is 0 Å². The van der Waals surface area contributed by atoms with E-state index >= 15 is 0 Å². The fourth-order valence-corrected chi connectivity index (χ4v) is 0.477. The molecular formula is C6H15N3O. The number of hydrogen-bond donors (Lipinski definition) is 3. The topological polar surface area (TPSA) is 67.2 Å². The van der Waals surface area contributed by atoms with Crippen LogP contribution in [0, 0.1) is 0 Å². The Morgan fingerprint density at radius 2 is 2.20 bits per heavy atom. The summed E-state index contributed by atoms with van der Waals surface area (Å²) in [4.78, 5) is 10.7. The predicted octanol–water partition coefficient (Wildman–Crippen LogP) is -0.347. The van der Waals surface area contributed by atoms with E-state index in [1.165, 1.54) is 0 Å². The van der Waals surface area contributed by atoms with Crippen molar-refractivity contribution in [2.75, 3.05) is 13.1 Å². The zero-order valence-electron chi connectivity index (χ0n) is 6.48. The maximum absolute atomic E-state index is 10.7. The molecule has 0 fully saturated rings. The lowest BCUT2D eigenvalue weighted by Gasteiger charge is -2.07. The Morgan fingerprint density at radius 3 is 2.60 bits per heavy atom. The smallest absolute Gasteiger partial charge is 0.314 e. The molecule has 0 saturated heterocycles. The number of carbonyl (C=O) groups is 1. The summed E-state index contributed by atoms with van der Waals surface area (Å²) in [6, 6.07) is -0.137. The molecule has 4 heteroatoms. The molecule has 0 aliphatic heterocycles. The lowest BCUT2D eigenvalue weighted by Crippen LogP contribution is -2.41. The van der Waals surface area contributed by atoms with E-state index in [0.29, 0.717) is 13.1 Å². The number of urea groups is 1. The van der Waals surface area contributed by atoms with Crippen LogP contribution >= 0.6 is 0 Å². The van der Waals surface area contributed by atoms with Crippen molar-refractivity contribution in [3.05, 3.63) is 0 Å². The van der Waals surface area contributed by atoms with Gasteiger partial charge in [0.15, 0.2) is 0 Å². The highest BCUT2D eigenvalue weighted by Gasteiger charge is 1.97. The molecule has 1 atom stereocenters. The molecular weight excluding hydrogens is 130 g/mol. The van der Waals surface area contributed by atoms with Crippen LogP contribution in [0.5, 0.6) is 0 Å². The number of rotatable bonds is 3. The van der Waals surface area contributed by atoms with Crippen LogP contribution < -0.4 is 16.4 Å². The molecule has 1 unspecified atom stereocenters. The molecule has 0 aliphatic rings. The molecule has 10 heavy (non-hydrogen) atoms. The minimum Gasteiger partial charge on any atom is -0.338 e. The van der Waals surface area contributed by atoms with E-state index in [1.54, 1.807) is 0 Å². The number of nitrogens with one attached hydrogen (secondary N) is 2. The van der Waals surface area contributed by atoms with Gasteiger partial charge in [-0.1, -0.05) is 0 Å². The fourth-order valence-electron chi connectivity index (χ4n) is 0.477. The molecule has 0 aromatic heterocycles. The van der Waals surface area contributed by atoms with Gasteiger partial charge < -0.3 is 16.4 Å². The van der Waals surface area contributed by atoms with Gasteiger partial charge in [-0.05, 0) is 13.8 Å². The maximum atomic E-state index is 10.7. The Kier molecular flexibility index (Phi) is 4.66. The minimum atomic E-state index is -0.153. The van der Waals surface area contributed by atoms with Crippen molar-refractivity contribution < 1.29 is 4.79 Å². The molecule has 0 rings (SSSR count). The normalized spacial score (nSPS) is 12.3. The lowest BCUT2D eigenvalue weighted by molar-refractivity contribution is 0.241. The molecule has 0 radical (unpaired) electrons. The summed E-state index contributed by atoms with van der Waals surface area (Å²) < 4.78 is 0. The van der Waals surface area contributed by atoms with E-state index < -0.39 is 0 Å². The van der Waals surface area contributed by atoms with Gasteiger partial charge in [-0.15, -0.1) is 0 Å². The summed E-state index contributed by atoms with van der Waals surface area (Å²) in [5.41, 5.74) is 5.39. The van der Waals surface area contributed by atoms with Gasteiger partial charge in [0.1, 0.15) is 0 Å². The third kappa shape index (κ3) is 5.37. The highest BCUT2D eigenvalue weighted by Crippen LogP contribution is 1.70. The van der Waals surface area contributed by atoms with Crippen molar-refractivity contribution in [3.63, 3.8) is 0 Å². The summed E-state index contributed by atoms with van der Waals surface area (Å²) in [7, 11) is 0. The Hall–Kier alpha value is -0.770. The fraction of sp³-hybridized carbons (Fsp3) is 0.833. The van der Waals surface area contributed by atoms with Crippen LogP contribution in [0.2, 0.25) is 0 Å². The van der Waals surface area contributed by atoms with Gasteiger partial charge in [-0.2, -0.15) is 0 Å². The highest BCUT2D eigenvalue weighted by atomic mass is 16.2. The van der Waals surface area contributed by atoms with Crippen LogP contribution in [-0.4, -0.2) is 25.2 Å². The second-order valence-electron chi connectivity index (χ2n) is 2.22. The van der Waals surface area contributed by atoms with Crippen molar-refractivity contribution in [1.82, 2.24) is 10.6 Å². The largest absolute Gasteiger partial charge is 0.338 e. The molecule has 0 heterocycles. The van der Waals surface area contributed by atoms with E-state index in [1.807, 2.05) is 13.8 Å². The van der Waals surface area contributed by atoms with Gasteiger partial charge >= 0.3 is 6.03 Å². The Morgan fingerprint density at radius 1 is 1.60 bits per heavy atom. The first-order valence-electron chi connectivity index (χ1n) is 3.44.